The molecule has 5 nitrogen and oxygen atoms in total. The summed E-state index contributed by atoms with van der Waals surface area (Å²) in [5, 5.41) is 3.21. The van der Waals surface area contributed by atoms with Gasteiger partial charge in [-0.25, -0.2) is 0 Å². The average Bonchev–Trinajstić information content (AvgIpc) is 3.24. The summed E-state index contributed by atoms with van der Waals surface area (Å²) in [5.41, 5.74) is 2.74. The van der Waals surface area contributed by atoms with Crippen LogP contribution in [0.3, 0.4) is 0 Å². The first-order valence-electron chi connectivity index (χ1n) is 10.8. The lowest BCUT2D eigenvalue weighted by Gasteiger charge is -2.50. The third-order valence-electron chi connectivity index (χ3n) is 6.48. The van der Waals surface area contributed by atoms with Crippen LogP contribution in [0.5, 0.6) is 0 Å². The first-order valence-corrected chi connectivity index (χ1v) is 10.8. The van der Waals surface area contributed by atoms with Gasteiger partial charge >= 0.3 is 0 Å². The summed E-state index contributed by atoms with van der Waals surface area (Å²) in [6.45, 7) is 10.8. The number of hydrogen-bond donors (Lipinski definition) is 1. The number of hydrogen-bond acceptors (Lipinski definition) is 3. The molecular formula is C24H34N4O. The molecule has 2 aliphatic heterocycles. The van der Waals surface area contributed by atoms with Crippen molar-refractivity contribution < 1.29 is 4.79 Å². The van der Waals surface area contributed by atoms with Crippen LogP contribution in [0.4, 0.5) is 0 Å². The second-order valence-electron chi connectivity index (χ2n) is 9.46. The molecule has 5 heteroatoms. The number of amides is 1. The van der Waals surface area contributed by atoms with E-state index in [-0.39, 0.29) is 17.2 Å². The van der Waals surface area contributed by atoms with E-state index in [2.05, 4.69) is 89.2 Å². The van der Waals surface area contributed by atoms with Crippen LogP contribution in [-0.2, 0) is 24.9 Å². The van der Waals surface area contributed by atoms with Gasteiger partial charge in [-0.1, -0.05) is 44.2 Å². The summed E-state index contributed by atoms with van der Waals surface area (Å²) in [4.78, 5) is 18.0. The monoisotopic (exact) mass is 394 g/mol. The van der Waals surface area contributed by atoms with Gasteiger partial charge in [0.15, 0.2) is 0 Å². The Balaban J connectivity index is 1.44. The molecule has 1 spiro atoms. The molecule has 3 heterocycles. The Hall–Kier alpha value is -2.11. The summed E-state index contributed by atoms with van der Waals surface area (Å²) in [6.07, 6.45) is 2.10. The summed E-state index contributed by atoms with van der Waals surface area (Å²) in [7, 11) is 2.10. The van der Waals surface area contributed by atoms with Crippen molar-refractivity contribution in [1.29, 1.82) is 0 Å². The highest BCUT2D eigenvalue weighted by atomic mass is 16.2. The predicted molar refractivity (Wildman–Crippen MR) is 116 cm³/mol. The normalized spacial score (nSPS) is 21.6. The molecule has 0 saturated carbocycles. The number of likely N-dealkylation sites (tertiary alicyclic amines) is 2. The Morgan fingerprint density at radius 2 is 1.79 bits per heavy atom. The molecule has 2 aliphatic rings. The predicted octanol–water partition coefficient (Wildman–Crippen LogP) is 2.73. The van der Waals surface area contributed by atoms with Crippen LogP contribution in [0.2, 0.25) is 0 Å². The van der Waals surface area contributed by atoms with Crippen molar-refractivity contribution in [3.8, 4) is 0 Å². The Kier molecular flexibility index (Phi) is 5.79. The fourth-order valence-corrected chi connectivity index (χ4v) is 4.99. The Labute approximate surface area is 174 Å². The van der Waals surface area contributed by atoms with Gasteiger partial charge in [-0.3, -0.25) is 14.6 Å². The van der Waals surface area contributed by atoms with E-state index in [0.29, 0.717) is 5.92 Å². The molecule has 1 aromatic heterocycles. The average molecular weight is 395 g/mol. The van der Waals surface area contributed by atoms with Gasteiger partial charge in [0, 0.05) is 70.2 Å². The van der Waals surface area contributed by atoms with Crippen LogP contribution in [0.25, 0.3) is 0 Å². The zero-order valence-electron chi connectivity index (χ0n) is 18.0. The van der Waals surface area contributed by atoms with Crippen molar-refractivity contribution in [1.82, 2.24) is 19.7 Å². The maximum Gasteiger partial charge on any atom is 0.225 e. The lowest BCUT2D eigenvalue weighted by molar-refractivity contribution is -0.133. The van der Waals surface area contributed by atoms with Crippen molar-refractivity contribution in [2.45, 2.75) is 26.9 Å². The SMILES string of the molecule is CC(C)CNC(=O)C1CN(Cc2ccccc2)CC12CN(Cc1cccn1C)C2. The number of aromatic nitrogens is 1. The standard InChI is InChI=1S/C24H34N4O/c1-19(2)12-25-23(29)22-15-27(13-20-8-5-4-6-9-20)16-24(22)17-28(18-24)14-21-10-7-11-26(21)3/h4-11,19,22H,12-18H2,1-3H3,(H,25,29). The summed E-state index contributed by atoms with van der Waals surface area (Å²) in [5.74, 6) is 0.800. The first kappa shape index (κ1) is 20.2. The fraction of sp³-hybridized carbons (Fsp3) is 0.542. The third-order valence-corrected chi connectivity index (χ3v) is 6.48. The summed E-state index contributed by atoms with van der Waals surface area (Å²) >= 11 is 0. The van der Waals surface area contributed by atoms with Crippen molar-refractivity contribution in [3.63, 3.8) is 0 Å². The fourth-order valence-electron chi connectivity index (χ4n) is 4.99. The van der Waals surface area contributed by atoms with Crippen LogP contribution in [0, 0.1) is 17.3 Å². The van der Waals surface area contributed by atoms with E-state index in [4.69, 9.17) is 0 Å². The van der Waals surface area contributed by atoms with Gasteiger partial charge in [-0.15, -0.1) is 0 Å². The molecule has 4 rings (SSSR count). The molecule has 0 aliphatic carbocycles. The van der Waals surface area contributed by atoms with Crippen LogP contribution >= 0.6 is 0 Å². The van der Waals surface area contributed by atoms with Crippen molar-refractivity contribution in [2.24, 2.45) is 24.3 Å². The van der Waals surface area contributed by atoms with Gasteiger partial charge in [0.1, 0.15) is 0 Å². The molecule has 1 aromatic carbocycles. The highest BCUT2D eigenvalue weighted by Gasteiger charge is 2.56. The van der Waals surface area contributed by atoms with Crippen LogP contribution in [0.1, 0.15) is 25.1 Å². The highest BCUT2D eigenvalue weighted by Crippen LogP contribution is 2.45. The number of nitrogens with zero attached hydrogens (tertiary/aromatic N) is 3. The van der Waals surface area contributed by atoms with Crippen LogP contribution < -0.4 is 5.32 Å². The quantitative estimate of drug-likeness (QED) is 0.785. The zero-order valence-corrected chi connectivity index (χ0v) is 18.0. The summed E-state index contributed by atoms with van der Waals surface area (Å²) in [6, 6.07) is 14.9. The van der Waals surface area contributed by atoms with Gasteiger partial charge in [0.2, 0.25) is 5.91 Å². The van der Waals surface area contributed by atoms with E-state index < -0.39 is 0 Å². The number of aryl methyl sites for hydroxylation is 1. The van der Waals surface area contributed by atoms with Crippen LogP contribution in [-0.4, -0.2) is 53.0 Å². The number of carbonyl (C=O) groups excluding carboxylic acids is 1. The minimum atomic E-state index is 0.0784. The molecular weight excluding hydrogens is 360 g/mol. The molecule has 29 heavy (non-hydrogen) atoms. The molecule has 2 aromatic rings. The molecule has 1 N–H and O–H groups in total. The van der Waals surface area contributed by atoms with Crippen molar-refractivity contribution in [3.05, 3.63) is 59.9 Å². The van der Waals surface area contributed by atoms with E-state index in [1.165, 1.54) is 11.3 Å². The van der Waals surface area contributed by atoms with Gasteiger partial charge in [-0.05, 0) is 23.6 Å². The second-order valence-corrected chi connectivity index (χ2v) is 9.46. The largest absolute Gasteiger partial charge is 0.356 e. The maximum atomic E-state index is 13.1. The van der Waals surface area contributed by atoms with Crippen LogP contribution in [0.15, 0.2) is 48.7 Å². The second kappa shape index (κ2) is 8.33. The van der Waals surface area contributed by atoms with E-state index in [1.807, 2.05) is 0 Å². The number of carbonyl (C=O) groups is 1. The van der Waals surface area contributed by atoms with Crippen molar-refractivity contribution in [2.75, 3.05) is 32.7 Å². The van der Waals surface area contributed by atoms with Gasteiger partial charge in [0.25, 0.3) is 0 Å². The third kappa shape index (κ3) is 4.41. The number of nitrogens with one attached hydrogen (secondary N) is 1. The highest BCUT2D eigenvalue weighted by molar-refractivity contribution is 5.80. The maximum absolute atomic E-state index is 13.1. The molecule has 156 valence electrons. The first-order chi connectivity index (χ1) is 13.9. The minimum Gasteiger partial charge on any atom is -0.356 e. The van der Waals surface area contributed by atoms with Crippen molar-refractivity contribution >= 4 is 5.91 Å². The molecule has 2 saturated heterocycles. The molecule has 1 unspecified atom stereocenters. The minimum absolute atomic E-state index is 0.0784. The molecule has 0 radical (unpaired) electrons. The van der Waals surface area contributed by atoms with Gasteiger partial charge in [-0.2, -0.15) is 0 Å². The Bertz CT molecular complexity index is 822. The van der Waals surface area contributed by atoms with E-state index in [1.54, 1.807) is 0 Å². The Morgan fingerprint density at radius 1 is 1.07 bits per heavy atom. The lowest BCUT2D eigenvalue weighted by atomic mass is 9.71. The van der Waals surface area contributed by atoms with E-state index in [0.717, 1.165) is 45.8 Å². The Morgan fingerprint density at radius 3 is 2.45 bits per heavy atom. The lowest BCUT2D eigenvalue weighted by Crippen LogP contribution is -2.62. The number of benzene rings is 1. The summed E-state index contributed by atoms with van der Waals surface area (Å²) < 4.78 is 2.19. The smallest absolute Gasteiger partial charge is 0.225 e. The topological polar surface area (TPSA) is 40.5 Å². The van der Waals surface area contributed by atoms with Gasteiger partial charge in [0.05, 0.1) is 5.92 Å². The zero-order chi connectivity index (χ0) is 20.4. The van der Waals surface area contributed by atoms with E-state index in [9.17, 15) is 4.79 Å². The molecule has 1 amide bonds. The molecule has 0 bridgehead atoms. The van der Waals surface area contributed by atoms with E-state index >= 15 is 0 Å². The molecule has 1 atom stereocenters. The molecule has 2 fully saturated rings. The van der Waals surface area contributed by atoms with Gasteiger partial charge < -0.3 is 9.88 Å². The number of rotatable bonds is 7.